The van der Waals surface area contributed by atoms with Crippen molar-refractivity contribution in [3.8, 4) is 5.75 Å². The molecule has 0 radical (unpaired) electrons. The van der Waals surface area contributed by atoms with Crippen LogP contribution in [0.25, 0.3) is 0 Å². The predicted octanol–water partition coefficient (Wildman–Crippen LogP) is 3.74. The molecule has 0 spiro atoms. The fourth-order valence-corrected chi connectivity index (χ4v) is 3.38. The summed E-state index contributed by atoms with van der Waals surface area (Å²) in [7, 11) is -1.16. The molecule has 0 unspecified atom stereocenters. The Morgan fingerprint density at radius 1 is 1.11 bits per heavy atom. The van der Waals surface area contributed by atoms with E-state index < -0.39 is 28.0 Å². The minimum atomic E-state index is -4.83. The first kappa shape index (κ1) is 21.0. The molecule has 0 aliphatic heterocycles. The summed E-state index contributed by atoms with van der Waals surface area (Å²) < 4.78 is 65.6. The minimum absolute atomic E-state index is 0.0182. The van der Waals surface area contributed by atoms with E-state index in [-0.39, 0.29) is 21.2 Å². The van der Waals surface area contributed by atoms with Crippen molar-refractivity contribution in [1.29, 1.82) is 0 Å². The molecule has 0 aromatic heterocycles. The van der Waals surface area contributed by atoms with Crippen LogP contribution in [0.5, 0.6) is 5.75 Å². The molecular weight excluding hydrogens is 409 g/mol. The van der Waals surface area contributed by atoms with E-state index in [4.69, 9.17) is 11.6 Å². The zero-order valence-corrected chi connectivity index (χ0v) is 15.6. The quantitative estimate of drug-likeness (QED) is 0.796. The first-order valence-corrected chi connectivity index (χ1v) is 9.11. The summed E-state index contributed by atoms with van der Waals surface area (Å²) in [5.74, 6) is -1.12. The lowest BCUT2D eigenvalue weighted by molar-refractivity contribution is -0.274. The fraction of sp³-hybridized carbons (Fsp3) is 0.188. The predicted molar refractivity (Wildman–Crippen MR) is 93.4 cm³/mol. The SMILES string of the molecule is CN(C)S(=O)(=O)c1cc(NC(=O)c2ccc(OC(F)(F)F)cc2)ccc1Cl. The van der Waals surface area contributed by atoms with Gasteiger partial charge in [-0.05, 0) is 42.5 Å². The summed E-state index contributed by atoms with van der Waals surface area (Å²) in [6.07, 6.45) is -4.83. The minimum Gasteiger partial charge on any atom is -0.406 e. The van der Waals surface area contributed by atoms with Crippen molar-refractivity contribution in [2.45, 2.75) is 11.3 Å². The number of amides is 1. The van der Waals surface area contributed by atoms with E-state index in [0.717, 1.165) is 28.6 Å². The number of anilines is 1. The van der Waals surface area contributed by atoms with Gasteiger partial charge in [-0.1, -0.05) is 11.6 Å². The van der Waals surface area contributed by atoms with Crippen molar-refractivity contribution < 1.29 is 31.1 Å². The second-order valence-electron chi connectivity index (χ2n) is 5.46. The number of benzene rings is 2. The maximum absolute atomic E-state index is 12.2. The molecule has 0 aliphatic carbocycles. The number of hydrogen-bond donors (Lipinski definition) is 1. The van der Waals surface area contributed by atoms with E-state index in [0.29, 0.717) is 0 Å². The van der Waals surface area contributed by atoms with Crippen LogP contribution in [0, 0.1) is 0 Å². The molecule has 0 aliphatic rings. The topological polar surface area (TPSA) is 75.7 Å². The van der Waals surface area contributed by atoms with Gasteiger partial charge in [-0.2, -0.15) is 0 Å². The lowest BCUT2D eigenvalue weighted by Crippen LogP contribution is -2.23. The largest absolute Gasteiger partial charge is 0.573 e. The number of carbonyl (C=O) groups excluding carboxylic acids is 1. The Bertz CT molecular complexity index is 945. The Hall–Kier alpha value is -2.30. The van der Waals surface area contributed by atoms with Crippen molar-refractivity contribution >= 4 is 33.2 Å². The number of sulfonamides is 1. The first-order valence-electron chi connectivity index (χ1n) is 7.29. The molecule has 0 bridgehead atoms. The van der Waals surface area contributed by atoms with Crippen LogP contribution in [0.4, 0.5) is 18.9 Å². The second kappa shape index (κ2) is 7.75. The first-order chi connectivity index (χ1) is 12.4. The highest BCUT2D eigenvalue weighted by Crippen LogP contribution is 2.27. The molecule has 0 saturated carbocycles. The summed E-state index contributed by atoms with van der Waals surface area (Å²) in [4.78, 5) is 12.0. The summed E-state index contributed by atoms with van der Waals surface area (Å²) >= 11 is 5.92. The van der Waals surface area contributed by atoms with Gasteiger partial charge >= 0.3 is 6.36 Å². The van der Waals surface area contributed by atoms with Gasteiger partial charge in [-0.15, -0.1) is 13.2 Å². The third kappa shape index (κ3) is 5.34. The van der Waals surface area contributed by atoms with Gasteiger partial charge in [0.1, 0.15) is 10.6 Å². The van der Waals surface area contributed by atoms with Crippen LogP contribution >= 0.6 is 11.6 Å². The number of halogens is 4. The monoisotopic (exact) mass is 422 g/mol. The number of nitrogens with one attached hydrogen (secondary N) is 1. The Kier molecular flexibility index (Phi) is 6.03. The third-order valence-corrected chi connectivity index (χ3v) is 5.59. The molecule has 27 heavy (non-hydrogen) atoms. The molecule has 146 valence electrons. The Labute approximate surface area is 158 Å². The fourth-order valence-electron chi connectivity index (χ4n) is 1.99. The Morgan fingerprint density at radius 2 is 1.70 bits per heavy atom. The van der Waals surface area contributed by atoms with Gasteiger partial charge < -0.3 is 10.1 Å². The van der Waals surface area contributed by atoms with E-state index in [1.807, 2.05) is 0 Å². The number of carbonyl (C=O) groups is 1. The zero-order chi connectivity index (χ0) is 20.4. The van der Waals surface area contributed by atoms with Gasteiger partial charge in [0.15, 0.2) is 0 Å². The number of ether oxygens (including phenoxy) is 1. The van der Waals surface area contributed by atoms with E-state index in [1.165, 1.54) is 32.3 Å². The molecule has 2 aromatic carbocycles. The van der Waals surface area contributed by atoms with E-state index in [9.17, 15) is 26.4 Å². The Morgan fingerprint density at radius 3 is 2.22 bits per heavy atom. The van der Waals surface area contributed by atoms with Crippen LogP contribution in [-0.2, 0) is 10.0 Å². The van der Waals surface area contributed by atoms with Crippen molar-refractivity contribution in [2.24, 2.45) is 0 Å². The lowest BCUT2D eigenvalue weighted by Gasteiger charge is -2.14. The maximum atomic E-state index is 12.2. The molecule has 1 N–H and O–H groups in total. The van der Waals surface area contributed by atoms with Crippen LogP contribution < -0.4 is 10.1 Å². The third-order valence-electron chi connectivity index (χ3n) is 3.30. The van der Waals surface area contributed by atoms with Crippen molar-refractivity contribution in [2.75, 3.05) is 19.4 Å². The van der Waals surface area contributed by atoms with Crippen molar-refractivity contribution in [1.82, 2.24) is 4.31 Å². The smallest absolute Gasteiger partial charge is 0.406 e. The van der Waals surface area contributed by atoms with Gasteiger partial charge in [-0.25, -0.2) is 12.7 Å². The Balaban J connectivity index is 2.21. The van der Waals surface area contributed by atoms with Crippen LogP contribution in [0.2, 0.25) is 5.02 Å². The normalized spacial score (nSPS) is 12.1. The highest BCUT2D eigenvalue weighted by molar-refractivity contribution is 7.89. The van der Waals surface area contributed by atoms with Gasteiger partial charge in [-0.3, -0.25) is 4.79 Å². The number of hydrogen-bond acceptors (Lipinski definition) is 4. The molecule has 1 amide bonds. The van der Waals surface area contributed by atoms with Crippen LogP contribution in [0.15, 0.2) is 47.4 Å². The van der Waals surface area contributed by atoms with E-state index in [1.54, 1.807) is 0 Å². The van der Waals surface area contributed by atoms with E-state index >= 15 is 0 Å². The zero-order valence-electron chi connectivity index (χ0n) is 14.0. The lowest BCUT2D eigenvalue weighted by atomic mass is 10.2. The molecule has 2 aromatic rings. The number of rotatable bonds is 5. The van der Waals surface area contributed by atoms with Crippen molar-refractivity contribution in [3.05, 3.63) is 53.1 Å². The number of alkyl halides is 3. The molecule has 11 heteroatoms. The van der Waals surface area contributed by atoms with Gasteiger partial charge in [0.2, 0.25) is 10.0 Å². The maximum Gasteiger partial charge on any atom is 0.573 e. The molecular formula is C16H14ClF3N2O4S. The van der Waals surface area contributed by atoms with Gasteiger partial charge in [0.05, 0.1) is 5.02 Å². The summed E-state index contributed by atoms with van der Waals surface area (Å²) in [6.45, 7) is 0. The van der Waals surface area contributed by atoms with E-state index in [2.05, 4.69) is 10.1 Å². The summed E-state index contributed by atoms with van der Waals surface area (Å²) in [5.41, 5.74) is 0.205. The molecule has 0 atom stereocenters. The number of nitrogens with zero attached hydrogens (tertiary/aromatic N) is 1. The molecule has 6 nitrogen and oxygen atoms in total. The molecule has 2 rings (SSSR count). The molecule has 0 saturated heterocycles. The van der Waals surface area contributed by atoms with Crippen molar-refractivity contribution in [3.63, 3.8) is 0 Å². The van der Waals surface area contributed by atoms with Gasteiger partial charge in [0, 0.05) is 25.3 Å². The van der Waals surface area contributed by atoms with Crippen LogP contribution in [-0.4, -0.2) is 39.1 Å². The van der Waals surface area contributed by atoms with Gasteiger partial charge in [0.25, 0.3) is 5.91 Å². The highest BCUT2D eigenvalue weighted by atomic mass is 35.5. The standard InChI is InChI=1S/C16H14ClF3N2O4S/c1-22(2)27(24,25)14-9-11(5-8-13(14)17)21-15(23)10-3-6-12(7-4-10)26-16(18,19)20/h3-9H,1-2H3,(H,21,23). The molecule has 0 fully saturated rings. The second-order valence-corrected chi connectivity index (χ2v) is 7.99. The summed E-state index contributed by atoms with van der Waals surface area (Å²) in [6, 6.07) is 8.17. The summed E-state index contributed by atoms with van der Waals surface area (Å²) in [5, 5.41) is 2.44. The highest BCUT2D eigenvalue weighted by Gasteiger charge is 2.31. The molecule has 0 heterocycles. The van der Waals surface area contributed by atoms with Crippen LogP contribution in [0.3, 0.4) is 0 Å². The van der Waals surface area contributed by atoms with Crippen LogP contribution in [0.1, 0.15) is 10.4 Å². The average molecular weight is 423 g/mol. The average Bonchev–Trinajstić information content (AvgIpc) is 2.55.